The predicted molar refractivity (Wildman–Crippen MR) is 58.0 cm³/mol. The van der Waals surface area contributed by atoms with Crippen LogP contribution in [0.1, 0.15) is 32.6 Å². The molecule has 0 saturated carbocycles. The van der Waals surface area contributed by atoms with E-state index in [0.29, 0.717) is 18.5 Å². The molecular formula is C11H21N3. The molecule has 0 bridgehead atoms. The largest absolute Gasteiger partial charge is 0.313 e. The molecule has 2 atom stereocenters. The molecule has 0 aliphatic carbocycles. The molecule has 0 spiro atoms. The van der Waals surface area contributed by atoms with Gasteiger partial charge in [0.25, 0.3) is 0 Å². The number of hydrogen-bond acceptors (Lipinski definition) is 3. The summed E-state index contributed by atoms with van der Waals surface area (Å²) < 4.78 is 0. The van der Waals surface area contributed by atoms with Gasteiger partial charge in [0.15, 0.2) is 0 Å². The molecule has 1 rings (SSSR count). The summed E-state index contributed by atoms with van der Waals surface area (Å²) >= 11 is 0. The smallest absolute Gasteiger partial charge is 0.0638 e. The van der Waals surface area contributed by atoms with Gasteiger partial charge in [-0.25, -0.2) is 0 Å². The van der Waals surface area contributed by atoms with E-state index in [0.717, 1.165) is 19.5 Å². The van der Waals surface area contributed by atoms with E-state index in [9.17, 15) is 0 Å². The van der Waals surface area contributed by atoms with Crippen molar-refractivity contribution in [3.63, 3.8) is 0 Å². The summed E-state index contributed by atoms with van der Waals surface area (Å²) in [4.78, 5) is 2.33. The molecular weight excluding hydrogens is 174 g/mol. The Hall–Kier alpha value is -0.590. The lowest BCUT2D eigenvalue weighted by Gasteiger charge is -2.27. The lowest BCUT2D eigenvalue weighted by Crippen LogP contribution is -2.40. The second kappa shape index (κ2) is 6.00. The summed E-state index contributed by atoms with van der Waals surface area (Å²) in [5, 5.41) is 12.2. The fourth-order valence-electron chi connectivity index (χ4n) is 2.13. The van der Waals surface area contributed by atoms with Crippen LogP contribution in [-0.4, -0.2) is 37.1 Å². The van der Waals surface area contributed by atoms with Crippen LogP contribution in [0.4, 0.5) is 0 Å². The molecule has 1 heterocycles. The SMILES string of the molecule is CCC(CC#N)N(C)CC1CCCN1. The van der Waals surface area contributed by atoms with Crippen LogP contribution in [0.2, 0.25) is 0 Å². The summed E-state index contributed by atoms with van der Waals surface area (Å²) in [5.74, 6) is 0. The van der Waals surface area contributed by atoms with E-state index in [1.807, 2.05) is 0 Å². The fourth-order valence-corrected chi connectivity index (χ4v) is 2.13. The van der Waals surface area contributed by atoms with Crippen LogP contribution in [0.5, 0.6) is 0 Å². The molecule has 1 aliphatic heterocycles. The van der Waals surface area contributed by atoms with Crippen molar-refractivity contribution in [3.05, 3.63) is 0 Å². The van der Waals surface area contributed by atoms with Gasteiger partial charge in [0.1, 0.15) is 0 Å². The molecule has 0 radical (unpaired) electrons. The highest BCUT2D eigenvalue weighted by Gasteiger charge is 2.19. The summed E-state index contributed by atoms with van der Waals surface area (Å²) in [5.41, 5.74) is 0. The van der Waals surface area contributed by atoms with E-state index in [1.54, 1.807) is 0 Å². The number of hydrogen-bond donors (Lipinski definition) is 1. The van der Waals surface area contributed by atoms with E-state index in [-0.39, 0.29) is 0 Å². The van der Waals surface area contributed by atoms with Crippen molar-refractivity contribution in [3.8, 4) is 6.07 Å². The van der Waals surface area contributed by atoms with Gasteiger partial charge in [-0.05, 0) is 32.9 Å². The normalized spacial score (nSPS) is 23.7. The summed E-state index contributed by atoms with van der Waals surface area (Å²) in [6, 6.07) is 3.34. The van der Waals surface area contributed by atoms with Gasteiger partial charge < -0.3 is 10.2 Å². The second-order valence-electron chi connectivity index (χ2n) is 4.16. The first-order valence-corrected chi connectivity index (χ1v) is 5.58. The first-order valence-electron chi connectivity index (χ1n) is 5.58. The zero-order chi connectivity index (χ0) is 10.4. The Kier molecular flexibility index (Phi) is 4.92. The zero-order valence-electron chi connectivity index (χ0n) is 9.29. The Balaban J connectivity index is 2.30. The number of rotatable bonds is 5. The molecule has 2 unspecified atom stereocenters. The molecule has 1 saturated heterocycles. The van der Waals surface area contributed by atoms with Crippen molar-refractivity contribution in [2.24, 2.45) is 0 Å². The van der Waals surface area contributed by atoms with Crippen LogP contribution in [0.3, 0.4) is 0 Å². The van der Waals surface area contributed by atoms with Gasteiger partial charge >= 0.3 is 0 Å². The number of nitriles is 1. The van der Waals surface area contributed by atoms with Crippen LogP contribution < -0.4 is 5.32 Å². The van der Waals surface area contributed by atoms with Gasteiger partial charge in [0, 0.05) is 18.6 Å². The van der Waals surface area contributed by atoms with Crippen LogP contribution in [0, 0.1) is 11.3 Å². The fraction of sp³-hybridized carbons (Fsp3) is 0.909. The topological polar surface area (TPSA) is 39.1 Å². The van der Waals surface area contributed by atoms with Crippen molar-refractivity contribution in [1.29, 1.82) is 5.26 Å². The Morgan fingerprint density at radius 2 is 2.43 bits per heavy atom. The van der Waals surface area contributed by atoms with Crippen LogP contribution in [-0.2, 0) is 0 Å². The van der Waals surface area contributed by atoms with Crippen LogP contribution in [0.25, 0.3) is 0 Å². The maximum absolute atomic E-state index is 8.69. The maximum Gasteiger partial charge on any atom is 0.0638 e. The van der Waals surface area contributed by atoms with Crippen LogP contribution >= 0.6 is 0 Å². The van der Waals surface area contributed by atoms with Crippen LogP contribution in [0.15, 0.2) is 0 Å². The van der Waals surface area contributed by atoms with Gasteiger partial charge in [-0.3, -0.25) is 0 Å². The average Bonchev–Trinajstić information content (AvgIpc) is 2.66. The number of nitrogens with one attached hydrogen (secondary N) is 1. The van der Waals surface area contributed by atoms with Gasteiger partial charge in [-0.15, -0.1) is 0 Å². The molecule has 3 heteroatoms. The maximum atomic E-state index is 8.69. The Morgan fingerprint density at radius 1 is 1.64 bits per heavy atom. The quantitative estimate of drug-likeness (QED) is 0.720. The standard InChI is InChI=1S/C11H21N3/c1-3-11(6-7-12)14(2)9-10-5-4-8-13-10/h10-11,13H,3-6,8-9H2,1-2H3. The third kappa shape index (κ3) is 3.28. The predicted octanol–water partition coefficient (Wildman–Crippen LogP) is 1.36. The molecule has 1 aliphatic rings. The monoisotopic (exact) mass is 195 g/mol. The minimum Gasteiger partial charge on any atom is -0.313 e. The molecule has 80 valence electrons. The average molecular weight is 195 g/mol. The third-order valence-electron chi connectivity index (χ3n) is 3.09. The van der Waals surface area contributed by atoms with E-state index in [1.165, 1.54) is 12.8 Å². The lowest BCUT2D eigenvalue weighted by atomic mass is 10.1. The van der Waals surface area contributed by atoms with Crippen molar-refractivity contribution in [2.75, 3.05) is 20.1 Å². The van der Waals surface area contributed by atoms with E-state index < -0.39 is 0 Å². The minimum atomic E-state index is 0.433. The molecule has 1 N–H and O–H groups in total. The third-order valence-corrected chi connectivity index (χ3v) is 3.09. The van der Waals surface area contributed by atoms with Crippen molar-refractivity contribution in [1.82, 2.24) is 10.2 Å². The number of nitrogens with zero attached hydrogens (tertiary/aromatic N) is 2. The van der Waals surface area contributed by atoms with Gasteiger partial charge in [-0.1, -0.05) is 6.92 Å². The first kappa shape index (κ1) is 11.5. The molecule has 3 nitrogen and oxygen atoms in total. The molecule has 0 aromatic heterocycles. The molecule has 0 aromatic carbocycles. The first-order chi connectivity index (χ1) is 6.77. The van der Waals surface area contributed by atoms with Crippen molar-refractivity contribution < 1.29 is 0 Å². The molecule has 1 fully saturated rings. The highest BCUT2D eigenvalue weighted by atomic mass is 15.2. The van der Waals surface area contributed by atoms with Gasteiger partial charge in [0.2, 0.25) is 0 Å². The molecule has 0 aromatic rings. The number of likely N-dealkylation sites (N-methyl/N-ethyl adjacent to an activating group) is 1. The van der Waals surface area contributed by atoms with E-state index in [4.69, 9.17) is 5.26 Å². The van der Waals surface area contributed by atoms with E-state index >= 15 is 0 Å². The zero-order valence-corrected chi connectivity index (χ0v) is 9.29. The Morgan fingerprint density at radius 3 is 2.93 bits per heavy atom. The second-order valence-corrected chi connectivity index (χ2v) is 4.16. The van der Waals surface area contributed by atoms with Crippen molar-refractivity contribution >= 4 is 0 Å². The minimum absolute atomic E-state index is 0.433. The van der Waals surface area contributed by atoms with Gasteiger partial charge in [-0.2, -0.15) is 5.26 Å². The summed E-state index contributed by atoms with van der Waals surface area (Å²) in [6.07, 6.45) is 4.30. The highest BCUT2D eigenvalue weighted by Crippen LogP contribution is 2.11. The lowest BCUT2D eigenvalue weighted by molar-refractivity contribution is 0.219. The Bertz CT molecular complexity index is 191. The van der Waals surface area contributed by atoms with Crippen molar-refractivity contribution in [2.45, 2.75) is 44.7 Å². The summed E-state index contributed by atoms with van der Waals surface area (Å²) in [6.45, 7) is 4.40. The molecule has 14 heavy (non-hydrogen) atoms. The Labute approximate surface area is 87.1 Å². The van der Waals surface area contributed by atoms with Gasteiger partial charge in [0.05, 0.1) is 12.5 Å². The van der Waals surface area contributed by atoms with E-state index in [2.05, 4.69) is 30.3 Å². The summed E-state index contributed by atoms with van der Waals surface area (Å²) in [7, 11) is 2.13. The highest BCUT2D eigenvalue weighted by molar-refractivity contribution is 4.84. The molecule has 0 amide bonds.